The lowest BCUT2D eigenvalue weighted by atomic mass is 10.2. The number of allylic oxidation sites excluding steroid dienone is 2. The lowest BCUT2D eigenvalue weighted by Crippen LogP contribution is -2.37. The second-order valence-corrected chi connectivity index (χ2v) is 3.02. The molecular formula is C10H13N3O2. The largest absolute Gasteiger partial charge is 0.385 e. The Labute approximate surface area is 86.6 Å². The Balaban J connectivity index is 3.48. The van der Waals surface area contributed by atoms with Crippen LogP contribution < -0.4 is 17.0 Å². The minimum atomic E-state index is -0.523. The van der Waals surface area contributed by atoms with E-state index in [-0.39, 0.29) is 12.4 Å². The van der Waals surface area contributed by atoms with Crippen LogP contribution in [0, 0.1) is 0 Å². The van der Waals surface area contributed by atoms with Crippen LogP contribution in [0.1, 0.15) is 5.56 Å². The molecule has 0 fully saturated rings. The summed E-state index contributed by atoms with van der Waals surface area (Å²) in [5.41, 5.74) is 4.97. The molecule has 3 N–H and O–H groups in total. The van der Waals surface area contributed by atoms with Gasteiger partial charge in [-0.3, -0.25) is 14.3 Å². The number of rotatable bonds is 4. The molecule has 0 saturated heterocycles. The average Bonchev–Trinajstić information content (AvgIpc) is 2.19. The lowest BCUT2D eigenvalue weighted by Gasteiger charge is -2.06. The quantitative estimate of drug-likeness (QED) is 0.684. The Bertz CT molecular complexity index is 496. The smallest absolute Gasteiger partial charge is 0.330 e. The molecule has 0 spiro atoms. The van der Waals surface area contributed by atoms with E-state index in [9.17, 15) is 9.59 Å². The summed E-state index contributed by atoms with van der Waals surface area (Å²) in [6, 6.07) is 0. The van der Waals surface area contributed by atoms with Gasteiger partial charge >= 0.3 is 5.69 Å². The summed E-state index contributed by atoms with van der Waals surface area (Å²) in [5.74, 6) is 0.102. The third-order valence-electron chi connectivity index (χ3n) is 1.98. The van der Waals surface area contributed by atoms with Crippen molar-refractivity contribution in [1.82, 2.24) is 9.55 Å². The molecule has 0 aliphatic carbocycles. The molecule has 1 heterocycles. The summed E-state index contributed by atoms with van der Waals surface area (Å²) in [7, 11) is 0. The summed E-state index contributed by atoms with van der Waals surface area (Å²) in [6.45, 7) is 7.16. The van der Waals surface area contributed by atoms with Crippen molar-refractivity contribution in [2.75, 3.05) is 5.73 Å². The van der Waals surface area contributed by atoms with Crippen molar-refractivity contribution in [2.24, 2.45) is 0 Å². The fraction of sp³-hybridized carbons (Fsp3) is 0.200. The molecule has 1 aromatic heterocycles. The molecule has 0 aliphatic rings. The first-order chi connectivity index (χ1) is 7.11. The van der Waals surface area contributed by atoms with E-state index in [1.54, 1.807) is 6.08 Å². The summed E-state index contributed by atoms with van der Waals surface area (Å²) in [5, 5.41) is 0. The maximum Gasteiger partial charge on any atom is 0.330 e. The van der Waals surface area contributed by atoms with E-state index < -0.39 is 11.2 Å². The molecule has 0 radical (unpaired) electrons. The van der Waals surface area contributed by atoms with E-state index in [1.165, 1.54) is 6.08 Å². The van der Waals surface area contributed by atoms with Gasteiger partial charge in [0.15, 0.2) is 0 Å². The van der Waals surface area contributed by atoms with Crippen LogP contribution in [0.4, 0.5) is 5.82 Å². The van der Waals surface area contributed by atoms with Gasteiger partial charge in [-0.1, -0.05) is 12.2 Å². The number of H-pyrrole nitrogens is 1. The molecular weight excluding hydrogens is 194 g/mol. The van der Waals surface area contributed by atoms with Gasteiger partial charge in [0.1, 0.15) is 5.82 Å². The van der Waals surface area contributed by atoms with Gasteiger partial charge in [-0.05, 0) is 6.42 Å². The monoisotopic (exact) mass is 207 g/mol. The molecule has 0 saturated carbocycles. The number of nitrogens with two attached hydrogens (primary N) is 1. The Morgan fingerprint density at radius 3 is 2.53 bits per heavy atom. The highest BCUT2D eigenvalue weighted by atomic mass is 16.2. The summed E-state index contributed by atoms with van der Waals surface area (Å²) in [6.07, 6.45) is 3.37. The van der Waals surface area contributed by atoms with Crippen molar-refractivity contribution in [2.45, 2.75) is 13.0 Å². The highest BCUT2D eigenvalue weighted by molar-refractivity contribution is 5.38. The van der Waals surface area contributed by atoms with Crippen molar-refractivity contribution in [3.05, 3.63) is 51.7 Å². The molecule has 80 valence electrons. The first-order valence-electron chi connectivity index (χ1n) is 4.45. The first kappa shape index (κ1) is 11.0. The molecule has 0 aliphatic heterocycles. The fourth-order valence-electron chi connectivity index (χ4n) is 1.26. The van der Waals surface area contributed by atoms with E-state index in [2.05, 4.69) is 18.1 Å². The molecule has 1 rings (SSSR count). The van der Waals surface area contributed by atoms with Gasteiger partial charge in [-0.15, -0.1) is 13.2 Å². The summed E-state index contributed by atoms with van der Waals surface area (Å²) >= 11 is 0. The van der Waals surface area contributed by atoms with Crippen LogP contribution in [0.5, 0.6) is 0 Å². The van der Waals surface area contributed by atoms with Gasteiger partial charge in [0.05, 0.1) is 5.56 Å². The van der Waals surface area contributed by atoms with Crippen LogP contribution in [0.25, 0.3) is 0 Å². The summed E-state index contributed by atoms with van der Waals surface area (Å²) in [4.78, 5) is 25.5. The predicted molar refractivity (Wildman–Crippen MR) is 59.8 cm³/mol. The van der Waals surface area contributed by atoms with Gasteiger partial charge in [0.25, 0.3) is 5.56 Å². The number of aromatic nitrogens is 2. The topological polar surface area (TPSA) is 80.9 Å². The van der Waals surface area contributed by atoms with Gasteiger partial charge in [0, 0.05) is 6.54 Å². The standard InChI is InChI=1S/C10H13N3O2/c1-3-5-7-8(11)12-10(15)13(6-4-2)9(7)14/h3-4H,1-2,5-6,11H2,(H,12,15). The Morgan fingerprint density at radius 2 is 2.00 bits per heavy atom. The van der Waals surface area contributed by atoms with E-state index in [0.717, 1.165) is 4.57 Å². The number of nitrogens with zero attached hydrogens (tertiary/aromatic N) is 1. The van der Waals surface area contributed by atoms with Crippen LogP contribution in [0.15, 0.2) is 34.9 Å². The van der Waals surface area contributed by atoms with Crippen LogP contribution in [-0.4, -0.2) is 9.55 Å². The van der Waals surface area contributed by atoms with Gasteiger partial charge in [-0.2, -0.15) is 0 Å². The van der Waals surface area contributed by atoms with Crippen LogP contribution >= 0.6 is 0 Å². The molecule has 0 atom stereocenters. The fourth-order valence-corrected chi connectivity index (χ4v) is 1.26. The van der Waals surface area contributed by atoms with Crippen molar-refractivity contribution in [1.29, 1.82) is 0 Å². The third-order valence-corrected chi connectivity index (χ3v) is 1.98. The number of nitrogen functional groups attached to an aromatic ring is 1. The van der Waals surface area contributed by atoms with E-state index in [4.69, 9.17) is 5.73 Å². The maximum atomic E-state index is 11.8. The predicted octanol–water partition coefficient (Wildman–Crippen LogP) is 0.0333. The van der Waals surface area contributed by atoms with Gasteiger partial charge in [0.2, 0.25) is 0 Å². The molecule has 15 heavy (non-hydrogen) atoms. The van der Waals surface area contributed by atoms with Gasteiger partial charge in [-0.25, -0.2) is 4.79 Å². The van der Waals surface area contributed by atoms with Crippen molar-refractivity contribution >= 4 is 5.82 Å². The van der Waals surface area contributed by atoms with Crippen molar-refractivity contribution in [3.8, 4) is 0 Å². The Kier molecular flexibility index (Phi) is 3.28. The zero-order valence-corrected chi connectivity index (χ0v) is 8.32. The molecule has 1 aromatic rings. The normalized spacial score (nSPS) is 9.87. The number of hydrogen-bond acceptors (Lipinski definition) is 3. The third kappa shape index (κ3) is 2.07. The number of anilines is 1. The van der Waals surface area contributed by atoms with Crippen LogP contribution in [0.3, 0.4) is 0 Å². The zero-order chi connectivity index (χ0) is 11.4. The van der Waals surface area contributed by atoms with Gasteiger partial charge < -0.3 is 5.73 Å². The number of hydrogen-bond donors (Lipinski definition) is 2. The number of aromatic amines is 1. The molecule has 5 nitrogen and oxygen atoms in total. The van der Waals surface area contributed by atoms with Crippen LogP contribution in [0.2, 0.25) is 0 Å². The minimum Gasteiger partial charge on any atom is -0.385 e. The number of nitrogens with one attached hydrogen (secondary N) is 1. The highest BCUT2D eigenvalue weighted by Gasteiger charge is 2.09. The molecule has 0 unspecified atom stereocenters. The summed E-state index contributed by atoms with van der Waals surface area (Å²) < 4.78 is 1.04. The van der Waals surface area contributed by atoms with Crippen molar-refractivity contribution < 1.29 is 0 Å². The average molecular weight is 207 g/mol. The molecule has 0 bridgehead atoms. The van der Waals surface area contributed by atoms with Crippen LogP contribution in [-0.2, 0) is 13.0 Å². The SMILES string of the molecule is C=CCc1c(N)[nH]c(=O)n(CC=C)c1=O. The first-order valence-corrected chi connectivity index (χ1v) is 4.45. The van der Waals surface area contributed by atoms with E-state index in [0.29, 0.717) is 12.0 Å². The lowest BCUT2D eigenvalue weighted by molar-refractivity contribution is 0.706. The van der Waals surface area contributed by atoms with Crippen molar-refractivity contribution in [3.63, 3.8) is 0 Å². The molecule has 0 amide bonds. The molecule has 5 heteroatoms. The second kappa shape index (κ2) is 4.45. The Hall–Kier alpha value is -2.04. The van der Waals surface area contributed by atoms with E-state index >= 15 is 0 Å². The zero-order valence-electron chi connectivity index (χ0n) is 8.32. The minimum absolute atomic E-state index is 0.102. The van der Waals surface area contributed by atoms with E-state index in [1.807, 2.05) is 0 Å². The Morgan fingerprint density at radius 1 is 1.33 bits per heavy atom. The maximum absolute atomic E-state index is 11.8. The highest BCUT2D eigenvalue weighted by Crippen LogP contribution is 2.00. The second-order valence-electron chi connectivity index (χ2n) is 3.02. The molecule has 0 aromatic carbocycles.